The van der Waals surface area contributed by atoms with Crippen molar-refractivity contribution in [2.45, 2.75) is 169 Å². The Morgan fingerprint density at radius 2 is 1.08 bits per heavy atom. The van der Waals surface area contributed by atoms with Gasteiger partial charge >= 0.3 is 0 Å². The third kappa shape index (κ3) is 6.04. The van der Waals surface area contributed by atoms with Crippen LogP contribution in [0.4, 0.5) is 34.1 Å². The van der Waals surface area contributed by atoms with E-state index in [0.29, 0.717) is 0 Å². The van der Waals surface area contributed by atoms with E-state index in [9.17, 15) is 0 Å². The maximum absolute atomic E-state index is 7.36. The maximum atomic E-state index is 7.36. The number of nitrogens with zero attached hydrogens (tertiary/aromatic N) is 2. The lowest BCUT2D eigenvalue weighted by Crippen LogP contribution is -2.61. The standard InChI is InChI=1S/C58H69BN2O/c1-34-17-22-49-39(27-34)51-52(62-49)59-44-32-42-43(58(15,16)26-25-57(42,13)14)33-46(44)60(38-19-20-40-41(31-38)56(11,12)24-23-55(40,9)10)47-29-37(54(6,7)8)30-48(50(47)59)61(51)45-21-18-36(28-35(45)2)53(3,4)5/h17-22,27-33H,23-26H2,1-16H3. The highest BCUT2D eigenvalue weighted by Crippen LogP contribution is 2.54. The lowest BCUT2D eigenvalue weighted by Gasteiger charge is -2.47. The van der Waals surface area contributed by atoms with E-state index in [4.69, 9.17) is 4.42 Å². The summed E-state index contributed by atoms with van der Waals surface area (Å²) in [5, 5.41) is 1.18. The van der Waals surface area contributed by atoms with Crippen molar-refractivity contribution in [3.8, 4) is 0 Å². The molecule has 0 unspecified atom stereocenters. The first-order valence-electron chi connectivity index (χ1n) is 23.6. The molecule has 1 aromatic heterocycles. The summed E-state index contributed by atoms with van der Waals surface area (Å²) in [6.07, 6.45) is 4.71. The average molecular weight is 821 g/mol. The molecule has 0 N–H and O–H groups in total. The van der Waals surface area contributed by atoms with Crippen molar-refractivity contribution in [3.05, 3.63) is 123 Å². The SMILES string of the molecule is Cc1ccc2oc3c(c2c1)N(c1ccc(C(C)(C)C)cc1C)c1cc(C(C)(C)C)cc2c1B3c1cc3c(cc1N2c1ccc2c(c1)C(C)(C)CCC2(C)C)C(C)(C)CCC3(C)C. The summed E-state index contributed by atoms with van der Waals surface area (Å²) in [6.45, 7) is 38.2. The zero-order valence-electron chi connectivity index (χ0n) is 40.7. The van der Waals surface area contributed by atoms with E-state index >= 15 is 0 Å². The van der Waals surface area contributed by atoms with Crippen molar-refractivity contribution in [1.29, 1.82) is 0 Å². The molecule has 0 saturated heterocycles. The molecule has 320 valence electrons. The minimum absolute atomic E-state index is 0.0383. The third-order valence-corrected chi connectivity index (χ3v) is 16.1. The Kier molecular flexibility index (Phi) is 8.63. The Morgan fingerprint density at radius 3 is 1.68 bits per heavy atom. The molecule has 5 aromatic carbocycles. The van der Waals surface area contributed by atoms with Crippen molar-refractivity contribution in [2.75, 3.05) is 9.80 Å². The van der Waals surface area contributed by atoms with Crippen LogP contribution in [0.2, 0.25) is 0 Å². The van der Waals surface area contributed by atoms with Gasteiger partial charge in [-0.1, -0.05) is 133 Å². The number of anilines is 6. The fourth-order valence-corrected chi connectivity index (χ4v) is 11.7. The molecule has 4 aliphatic rings. The molecule has 0 radical (unpaired) electrons. The van der Waals surface area contributed by atoms with E-state index in [1.165, 1.54) is 121 Å². The van der Waals surface area contributed by atoms with E-state index in [-0.39, 0.29) is 39.2 Å². The molecule has 2 aliphatic heterocycles. The lowest BCUT2D eigenvalue weighted by molar-refractivity contribution is 0.332. The molecular weight excluding hydrogens is 751 g/mol. The van der Waals surface area contributed by atoms with E-state index in [1.54, 1.807) is 0 Å². The molecule has 3 nitrogen and oxygen atoms in total. The van der Waals surface area contributed by atoms with Crippen LogP contribution in [0.3, 0.4) is 0 Å². The minimum atomic E-state index is -0.108. The van der Waals surface area contributed by atoms with Crippen molar-refractivity contribution < 1.29 is 4.42 Å². The largest absolute Gasteiger partial charge is 0.468 e. The lowest BCUT2D eigenvalue weighted by atomic mass is 9.35. The number of rotatable bonds is 2. The Morgan fingerprint density at radius 1 is 0.516 bits per heavy atom. The van der Waals surface area contributed by atoms with Crippen LogP contribution < -0.4 is 26.4 Å². The van der Waals surface area contributed by atoms with E-state index in [1.807, 2.05) is 0 Å². The van der Waals surface area contributed by atoms with Gasteiger partial charge in [-0.05, 0) is 170 Å². The van der Waals surface area contributed by atoms with E-state index in [2.05, 4.69) is 199 Å². The van der Waals surface area contributed by atoms with Crippen LogP contribution >= 0.6 is 0 Å². The summed E-state index contributed by atoms with van der Waals surface area (Å²) in [7, 11) is 0. The molecule has 3 heterocycles. The predicted octanol–water partition coefficient (Wildman–Crippen LogP) is 14.4. The highest BCUT2D eigenvalue weighted by molar-refractivity contribution is 7.00. The average Bonchev–Trinajstić information content (AvgIpc) is 3.55. The second-order valence-electron chi connectivity index (χ2n) is 24.6. The quantitative estimate of drug-likeness (QED) is 0.162. The van der Waals surface area contributed by atoms with Crippen molar-refractivity contribution >= 4 is 68.4 Å². The summed E-state index contributed by atoms with van der Waals surface area (Å²) in [4.78, 5) is 5.28. The van der Waals surface area contributed by atoms with Gasteiger partial charge in [0, 0.05) is 33.8 Å². The Bertz CT molecular complexity index is 2870. The van der Waals surface area contributed by atoms with Crippen molar-refractivity contribution in [1.82, 2.24) is 0 Å². The third-order valence-electron chi connectivity index (χ3n) is 16.1. The zero-order valence-corrected chi connectivity index (χ0v) is 40.7. The molecule has 2 aliphatic carbocycles. The van der Waals surface area contributed by atoms with Crippen LogP contribution in [0.15, 0.2) is 83.3 Å². The molecule has 10 rings (SSSR count). The van der Waals surface area contributed by atoms with Crippen LogP contribution in [0.1, 0.15) is 167 Å². The molecule has 6 aromatic rings. The molecule has 0 saturated carbocycles. The normalized spacial score (nSPS) is 19.1. The fraction of sp³-hybridized carbons (Fsp3) is 0.448. The number of aryl methyl sites for hydroxylation is 2. The summed E-state index contributed by atoms with van der Waals surface area (Å²) in [5.41, 5.74) is 23.5. The monoisotopic (exact) mass is 821 g/mol. The van der Waals surface area contributed by atoms with Crippen molar-refractivity contribution in [3.63, 3.8) is 0 Å². The van der Waals surface area contributed by atoms with Crippen LogP contribution in [-0.2, 0) is 32.5 Å². The molecule has 0 atom stereocenters. The Balaban J connectivity index is 1.37. The van der Waals surface area contributed by atoms with Gasteiger partial charge in [0.1, 0.15) is 5.58 Å². The number of hydrogen-bond donors (Lipinski definition) is 0. The van der Waals surface area contributed by atoms with Crippen LogP contribution in [0, 0.1) is 13.8 Å². The second kappa shape index (κ2) is 13.0. The molecule has 62 heavy (non-hydrogen) atoms. The molecule has 0 bridgehead atoms. The Labute approximate surface area is 373 Å². The summed E-state index contributed by atoms with van der Waals surface area (Å²) in [6, 6.07) is 31.8. The highest BCUT2D eigenvalue weighted by Gasteiger charge is 2.50. The summed E-state index contributed by atoms with van der Waals surface area (Å²) >= 11 is 0. The van der Waals surface area contributed by atoms with Gasteiger partial charge in [0.15, 0.2) is 0 Å². The number of fused-ring (bicyclic) bond motifs is 8. The molecule has 0 spiro atoms. The van der Waals surface area contributed by atoms with Gasteiger partial charge in [0.25, 0.3) is 6.71 Å². The van der Waals surface area contributed by atoms with Crippen molar-refractivity contribution in [2.24, 2.45) is 0 Å². The van der Waals surface area contributed by atoms with Crippen LogP contribution in [0.25, 0.3) is 11.0 Å². The first kappa shape index (κ1) is 41.3. The molecule has 0 fully saturated rings. The van der Waals surface area contributed by atoms with E-state index in [0.717, 1.165) is 11.2 Å². The van der Waals surface area contributed by atoms with Gasteiger partial charge in [-0.3, -0.25) is 0 Å². The van der Waals surface area contributed by atoms with Crippen LogP contribution in [0.5, 0.6) is 0 Å². The summed E-state index contributed by atoms with van der Waals surface area (Å²) < 4.78 is 7.36. The predicted molar refractivity (Wildman–Crippen MR) is 268 cm³/mol. The van der Waals surface area contributed by atoms with Crippen LogP contribution in [-0.4, -0.2) is 6.71 Å². The van der Waals surface area contributed by atoms with Gasteiger partial charge in [0.05, 0.1) is 11.3 Å². The smallest absolute Gasteiger partial charge is 0.297 e. The number of hydrogen-bond acceptors (Lipinski definition) is 3. The first-order chi connectivity index (χ1) is 28.8. The van der Waals surface area contributed by atoms with Gasteiger partial charge in [0.2, 0.25) is 0 Å². The summed E-state index contributed by atoms with van der Waals surface area (Å²) in [5.74, 6) is 0. The van der Waals surface area contributed by atoms with Gasteiger partial charge < -0.3 is 14.2 Å². The number of furan rings is 1. The fourth-order valence-electron chi connectivity index (χ4n) is 11.7. The number of benzene rings is 5. The van der Waals surface area contributed by atoms with E-state index < -0.39 is 0 Å². The van der Waals surface area contributed by atoms with Gasteiger partial charge in [-0.25, -0.2) is 0 Å². The molecular formula is C58H69BN2O. The maximum Gasteiger partial charge on any atom is 0.297 e. The molecule has 0 amide bonds. The topological polar surface area (TPSA) is 19.6 Å². The first-order valence-corrected chi connectivity index (χ1v) is 23.6. The Hall–Kier alpha value is -4.70. The molecule has 4 heteroatoms. The highest BCUT2D eigenvalue weighted by atomic mass is 16.3. The second-order valence-corrected chi connectivity index (χ2v) is 24.6. The van der Waals surface area contributed by atoms with Gasteiger partial charge in [-0.2, -0.15) is 0 Å². The minimum Gasteiger partial charge on any atom is -0.468 e. The zero-order chi connectivity index (χ0) is 44.4. The van der Waals surface area contributed by atoms with Gasteiger partial charge in [-0.15, -0.1) is 0 Å².